The average molecular weight is 525 g/mol. The van der Waals surface area contributed by atoms with Gasteiger partial charge in [0.15, 0.2) is 0 Å². The van der Waals surface area contributed by atoms with Crippen molar-refractivity contribution in [3.8, 4) is 11.4 Å². The Balaban J connectivity index is 1.92. The number of carbonyl (C=O) groups excluding carboxylic acids is 2. The molecule has 1 radical (unpaired) electrons. The van der Waals surface area contributed by atoms with Crippen LogP contribution >= 0.6 is 0 Å². The molecule has 3 rings (SSSR count). The zero-order valence-corrected chi connectivity index (χ0v) is 22.0. The van der Waals surface area contributed by atoms with Gasteiger partial charge in [-0.05, 0) is 67.1 Å². The molecule has 203 valence electrons. The number of aliphatic hydroxyl groups is 2. The predicted octanol–water partition coefficient (Wildman–Crippen LogP) is 4.26. The minimum atomic E-state index is -0.769. The van der Waals surface area contributed by atoms with Crippen molar-refractivity contribution >= 4 is 11.9 Å². The van der Waals surface area contributed by atoms with Crippen LogP contribution in [0.5, 0.6) is 0 Å². The van der Waals surface area contributed by atoms with Crippen LogP contribution in [0.4, 0.5) is 4.39 Å². The van der Waals surface area contributed by atoms with Gasteiger partial charge in [-0.3, -0.25) is 4.79 Å². The Hall–Kier alpha value is -3.56. The molecule has 1 heterocycles. The van der Waals surface area contributed by atoms with Gasteiger partial charge in [-0.1, -0.05) is 32.9 Å². The number of aliphatic hydroxyl groups excluding tert-OH is 2. The SMILES string of the molecule is [CH2]CC(O)CC(O)CCn1c(-c2ccc(F)cc2)nc(C(=O)NCc2cccc(C(=O)OC)c2)c1C(C)C. The van der Waals surface area contributed by atoms with E-state index >= 15 is 0 Å². The summed E-state index contributed by atoms with van der Waals surface area (Å²) in [6.07, 6.45) is -0.656. The number of amides is 1. The molecule has 1 aromatic heterocycles. The average Bonchev–Trinajstić information content (AvgIpc) is 3.30. The number of benzene rings is 2. The number of rotatable bonds is 12. The van der Waals surface area contributed by atoms with Crippen LogP contribution in [0.1, 0.15) is 71.1 Å². The number of aromatic nitrogens is 2. The monoisotopic (exact) mass is 524 g/mol. The summed E-state index contributed by atoms with van der Waals surface area (Å²) in [5, 5.41) is 23.2. The molecule has 0 saturated heterocycles. The Kier molecular flexibility index (Phi) is 10.2. The lowest BCUT2D eigenvalue weighted by molar-refractivity contribution is 0.0600. The molecule has 2 unspecified atom stereocenters. The van der Waals surface area contributed by atoms with Gasteiger partial charge in [0.25, 0.3) is 5.91 Å². The van der Waals surface area contributed by atoms with Gasteiger partial charge in [0.05, 0.1) is 30.6 Å². The second kappa shape index (κ2) is 13.3. The normalized spacial score (nSPS) is 12.8. The summed E-state index contributed by atoms with van der Waals surface area (Å²) in [6, 6.07) is 12.6. The van der Waals surface area contributed by atoms with E-state index in [0.717, 1.165) is 5.56 Å². The summed E-state index contributed by atoms with van der Waals surface area (Å²) in [5.41, 5.74) is 2.64. The van der Waals surface area contributed by atoms with Crippen LogP contribution in [-0.4, -0.2) is 51.0 Å². The third-order valence-corrected chi connectivity index (χ3v) is 6.24. The largest absolute Gasteiger partial charge is 0.465 e. The molecule has 0 aliphatic carbocycles. The number of imidazole rings is 1. The lowest BCUT2D eigenvalue weighted by Gasteiger charge is -2.19. The van der Waals surface area contributed by atoms with Gasteiger partial charge in [-0.25, -0.2) is 14.2 Å². The summed E-state index contributed by atoms with van der Waals surface area (Å²) in [7, 11) is 1.31. The number of halogens is 1. The van der Waals surface area contributed by atoms with Crippen molar-refractivity contribution in [1.29, 1.82) is 0 Å². The summed E-state index contributed by atoms with van der Waals surface area (Å²) in [6.45, 7) is 8.06. The van der Waals surface area contributed by atoms with Crippen molar-refractivity contribution < 1.29 is 28.9 Å². The lowest BCUT2D eigenvalue weighted by Crippen LogP contribution is -2.25. The van der Waals surface area contributed by atoms with E-state index in [9.17, 15) is 24.2 Å². The maximum Gasteiger partial charge on any atom is 0.337 e. The van der Waals surface area contributed by atoms with E-state index in [2.05, 4.69) is 17.2 Å². The topological polar surface area (TPSA) is 114 Å². The van der Waals surface area contributed by atoms with Crippen molar-refractivity contribution in [3.05, 3.63) is 83.8 Å². The van der Waals surface area contributed by atoms with Gasteiger partial charge in [0.2, 0.25) is 0 Å². The minimum absolute atomic E-state index is 0.0947. The molecule has 38 heavy (non-hydrogen) atoms. The smallest absolute Gasteiger partial charge is 0.337 e. The molecule has 3 N–H and O–H groups in total. The van der Waals surface area contributed by atoms with Crippen molar-refractivity contribution in [1.82, 2.24) is 14.9 Å². The molecule has 0 aliphatic rings. The minimum Gasteiger partial charge on any atom is -0.465 e. The molecular formula is C29H35FN3O5. The number of hydrogen-bond donors (Lipinski definition) is 3. The zero-order chi connectivity index (χ0) is 27.8. The first-order chi connectivity index (χ1) is 18.1. The number of hydrogen-bond acceptors (Lipinski definition) is 6. The molecule has 8 nitrogen and oxygen atoms in total. The van der Waals surface area contributed by atoms with E-state index in [1.165, 1.54) is 19.2 Å². The third-order valence-electron chi connectivity index (χ3n) is 6.24. The first-order valence-corrected chi connectivity index (χ1v) is 12.6. The molecule has 2 atom stereocenters. The predicted molar refractivity (Wildman–Crippen MR) is 142 cm³/mol. The van der Waals surface area contributed by atoms with Gasteiger partial charge in [0, 0.05) is 18.7 Å². The Labute approximate surface area is 222 Å². The third kappa shape index (κ3) is 7.26. The van der Waals surface area contributed by atoms with Crippen molar-refractivity contribution in [2.45, 2.75) is 64.3 Å². The zero-order valence-electron chi connectivity index (χ0n) is 22.0. The first kappa shape index (κ1) is 29.0. The quantitative estimate of drug-likeness (QED) is 0.305. The van der Waals surface area contributed by atoms with Crippen LogP contribution in [0.15, 0.2) is 48.5 Å². The maximum absolute atomic E-state index is 13.6. The van der Waals surface area contributed by atoms with Gasteiger partial charge >= 0.3 is 5.97 Å². The Morgan fingerprint density at radius 3 is 2.47 bits per heavy atom. The molecule has 0 spiro atoms. The van der Waals surface area contributed by atoms with Crippen LogP contribution < -0.4 is 5.32 Å². The van der Waals surface area contributed by atoms with E-state index in [1.54, 1.807) is 36.4 Å². The van der Waals surface area contributed by atoms with Crippen molar-refractivity contribution in [2.24, 2.45) is 0 Å². The maximum atomic E-state index is 13.6. The van der Waals surface area contributed by atoms with Crippen LogP contribution in [-0.2, 0) is 17.8 Å². The highest BCUT2D eigenvalue weighted by Gasteiger charge is 2.26. The number of nitrogens with zero attached hydrogens (tertiary/aromatic N) is 2. The molecular weight excluding hydrogens is 489 g/mol. The molecule has 0 fully saturated rings. The Bertz CT molecular complexity index is 1240. The van der Waals surface area contributed by atoms with E-state index < -0.39 is 24.1 Å². The lowest BCUT2D eigenvalue weighted by atomic mass is 10.1. The Morgan fingerprint density at radius 2 is 1.84 bits per heavy atom. The van der Waals surface area contributed by atoms with Crippen LogP contribution in [0.25, 0.3) is 11.4 Å². The van der Waals surface area contributed by atoms with Crippen molar-refractivity contribution in [3.63, 3.8) is 0 Å². The van der Waals surface area contributed by atoms with Crippen LogP contribution in [0.3, 0.4) is 0 Å². The number of carbonyl (C=O) groups is 2. The second-order valence-electron chi connectivity index (χ2n) is 9.48. The fourth-order valence-electron chi connectivity index (χ4n) is 4.28. The molecule has 2 aromatic carbocycles. The summed E-state index contributed by atoms with van der Waals surface area (Å²) >= 11 is 0. The molecule has 0 aliphatic heterocycles. The first-order valence-electron chi connectivity index (χ1n) is 12.6. The summed E-state index contributed by atoms with van der Waals surface area (Å²) in [4.78, 5) is 29.9. The van der Waals surface area contributed by atoms with E-state index in [1.807, 2.05) is 18.4 Å². The number of esters is 1. The summed E-state index contributed by atoms with van der Waals surface area (Å²) in [5.74, 6) is -0.861. The molecule has 9 heteroatoms. The standard InChI is InChI=1S/C29H35FN3O5/c1-5-23(34)16-24(35)13-14-33-26(18(2)3)25(32-27(33)20-9-11-22(30)12-10-20)28(36)31-17-19-7-6-8-21(15-19)29(37)38-4/h6-12,15,18,23-24,34-35H,1,5,13-14,16-17H2,2-4H3,(H,31,36). The number of nitrogens with one attached hydrogen (secondary N) is 1. The van der Waals surface area contributed by atoms with Crippen LogP contribution in [0.2, 0.25) is 0 Å². The highest BCUT2D eigenvalue weighted by atomic mass is 19.1. The van der Waals surface area contributed by atoms with E-state index in [0.29, 0.717) is 42.0 Å². The second-order valence-corrected chi connectivity index (χ2v) is 9.48. The molecule has 3 aromatic rings. The summed E-state index contributed by atoms with van der Waals surface area (Å²) < 4.78 is 20.3. The number of methoxy groups -OCH3 is 1. The molecule has 1 amide bonds. The van der Waals surface area contributed by atoms with E-state index in [4.69, 9.17) is 4.74 Å². The number of ether oxygens (including phenoxy) is 1. The van der Waals surface area contributed by atoms with Crippen LogP contribution in [0, 0.1) is 12.7 Å². The fourth-order valence-corrected chi connectivity index (χ4v) is 4.28. The van der Waals surface area contributed by atoms with E-state index in [-0.39, 0.29) is 30.4 Å². The van der Waals surface area contributed by atoms with Gasteiger partial charge < -0.3 is 24.8 Å². The van der Waals surface area contributed by atoms with Gasteiger partial charge in [-0.2, -0.15) is 0 Å². The fraction of sp³-hybridized carbons (Fsp3) is 0.379. The highest BCUT2D eigenvalue weighted by Crippen LogP contribution is 2.29. The van der Waals surface area contributed by atoms with Gasteiger partial charge in [-0.15, -0.1) is 0 Å². The molecule has 0 saturated carbocycles. The highest BCUT2D eigenvalue weighted by molar-refractivity contribution is 5.94. The Morgan fingerprint density at radius 1 is 1.13 bits per heavy atom. The van der Waals surface area contributed by atoms with Gasteiger partial charge in [0.1, 0.15) is 17.3 Å². The van der Waals surface area contributed by atoms with Crippen molar-refractivity contribution in [2.75, 3.05) is 7.11 Å². The molecule has 0 bridgehead atoms.